The second kappa shape index (κ2) is 9.85. The van der Waals surface area contributed by atoms with E-state index in [9.17, 15) is 9.59 Å². The van der Waals surface area contributed by atoms with Crippen molar-refractivity contribution in [3.05, 3.63) is 18.5 Å². The van der Waals surface area contributed by atoms with Gasteiger partial charge in [-0.15, -0.1) is 0 Å². The molecule has 3 heterocycles. The Labute approximate surface area is 161 Å². The third-order valence-electron chi connectivity index (χ3n) is 5.49. The normalized spacial score (nSPS) is 21.4. The molecule has 1 aromatic rings. The standard InChI is InChI=1S/C19H31N5O3/c1-2-22(10-11-24-7-3-6-20-24)19(26)17-4-5-18(25)23(16-17)9-8-21-12-14-27-15-13-21/h3,6-7,17H,2,4-5,8-16H2,1H3/t17-/m0/s1. The molecule has 27 heavy (non-hydrogen) atoms. The van der Waals surface area contributed by atoms with E-state index < -0.39 is 0 Å². The molecule has 8 nitrogen and oxygen atoms in total. The van der Waals surface area contributed by atoms with E-state index in [0.717, 1.165) is 32.8 Å². The van der Waals surface area contributed by atoms with Gasteiger partial charge in [0.05, 0.1) is 25.7 Å². The first-order valence-electron chi connectivity index (χ1n) is 10.0. The van der Waals surface area contributed by atoms with Crippen molar-refractivity contribution in [2.75, 3.05) is 59.0 Å². The van der Waals surface area contributed by atoms with Gasteiger partial charge in [0.15, 0.2) is 0 Å². The highest BCUT2D eigenvalue weighted by atomic mass is 16.5. The molecule has 1 atom stereocenters. The fourth-order valence-corrected chi connectivity index (χ4v) is 3.76. The molecule has 1 aromatic heterocycles. The van der Waals surface area contributed by atoms with E-state index in [2.05, 4.69) is 10.00 Å². The Morgan fingerprint density at radius 2 is 2.11 bits per heavy atom. The molecule has 2 aliphatic rings. The van der Waals surface area contributed by atoms with Crippen LogP contribution in [0.2, 0.25) is 0 Å². The SMILES string of the molecule is CCN(CCn1cccn1)C(=O)[C@H]1CCC(=O)N(CCN2CCOCC2)C1. The van der Waals surface area contributed by atoms with Crippen LogP contribution < -0.4 is 0 Å². The van der Waals surface area contributed by atoms with Gasteiger partial charge in [-0.05, 0) is 19.4 Å². The number of likely N-dealkylation sites (tertiary alicyclic amines) is 1. The topological polar surface area (TPSA) is 70.9 Å². The van der Waals surface area contributed by atoms with Crippen LogP contribution in [0.25, 0.3) is 0 Å². The molecule has 150 valence electrons. The molecule has 0 saturated carbocycles. The number of rotatable bonds is 8. The van der Waals surface area contributed by atoms with Crippen LogP contribution in [0, 0.1) is 5.92 Å². The zero-order chi connectivity index (χ0) is 19.1. The van der Waals surface area contributed by atoms with Gasteiger partial charge < -0.3 is 14.5 Å². The van der Waals surface area contributed by atoms with Crippen LogP contribution in [0.5, 0.6) is 0 Å². The molecule has 3 rings (SSSR count). The minimum atomic E-state index is -0.0926. The van der Waals surface area contributed by atoms with Crippen LogP contribution in [0.3, 0.4) is 0 Å². The average molecular weight is 377 g/mol. The Hall–Kier alpha value is -1.93. The van der Waals surface area contributed by atoms with Crippen LogP contribution in [0.15, 0.2) is 18.5 Å². The minimum Gasteiger partial charge on any atom is -0.379 e. The smallest absolute Gasteiger partial charge is 0.227 e. The van der Waals surface area contributed by atoms with E-state index in [0.29, 0.717) is 45.6 Å². The number of carbonyl (C=O) groups excluding carboxylic acids is 2. The molecule has 2 fully saturated rings. The second-order valence-corrected chi connectivity index (χ2v) is 7.22. The maximum atomic E-state index is 13.0. The molecule has 2 aliphatic heterocycles. The highest BCUT2D eigenvalue weighted by molar-refractivity contribution is 5.83. The zero-order valence-electron chi connectivity index (χ0n) is 16.3. The summed E-state index contributed by atoms with van der Waals surface area (Å²) in [6.07, 6.45) is 4.78. The van der Waals surface area contributed by atoms with Crippen LogP contribution in [-0.4, -0.2) is 95.3 Å². The van der Waals surface area contributed by atoms with Crippen molar-refractivity contribution in [2.24, 2.45) is 5.92 Å². The number of hydrogen-bond donors (Lipinski definition) is 0. The number of morpholine rings is 1. The number of hydrogen-bond acceptors (Lipinski definition) is 5. The summed E-state index contributed by atoms with van der Waals surface area (Å²) in [7, 11) is 0. The van der Waals surface area contributed by atoms with Gasteiger partial charge in [0.1, 0.15) is 0 Å². The summed E-state index contributed by atoms with van der Waals surface area (Å²) in [5.74, 6) is 0.241. The van der Waals surface area contributed by atoms with E-state index >= 15 is 0 Å². The zero-order valence-corrected chi connectivity index (χ0v) is 16.3. The summed E-state index contributed by atoms with van der Waals surface area (Å²) in [5.41, 5.74) is 0. The molecular formula is C19H31N5O3. The minimum absolute atomic E-state index is 0.0926. The molecule has 0 unspecified atom stereocenters. The lowest BCUT2D eigenvalue weighted by Crippen LogP contribution is -2.50. The second-order valence-electron chi connectivity index (χ2n) is 7.22. The molecule has 0 radical (unpaired) electrons. The highest BCUT2D eigenvalue weighted by Gasteiger charge is 2.32. The van der Waals surface area contributed by atoms with Crippen molar-refractivity contribution in [2.45, 2.75) is 26.3 Å². The number of amides is 2. The van der Waals surface area contributed by atoms with Gasteiger partial charge in [0.25, 0.3) is 0 Å². The first kappa shape index (κ1) is 19.8. The number of carbonyl (C=O) groups is 2. The molecule has 0 aliphatic carbocycles. The molecule has 8 heteroatoms. The summed E-state index contributed by atoms with van der Waals surface area (Å²) in [4.78, 5) is 31.4. The molecule has 2 amide bonds. The molecule has 0 spiro atoms. The fraction of sp³-hybridized carbons (Fsp3) is 0.737. The summed E-state index contributed by atoms with van der Waals surface area (Å²) in [5, 5.41) is 4.20. The largest absolute Gasteiger partial charge is 0.379 e. The first-order valence-corrected chi connectivity index (χ1v) is 10.0. The lowest BCUT2D eigenvalue weighted by Gasteiger charge is -2.36. The van der Waals surface area contributed by atoms with Crippen molar-refractivity contribution in [3.8, 4) is 0 Å². The van der Waals surface area contributed by atoms with Crippen LogP contribution in [0.1, 0.15) is 19.8 Å². The van der Waals surface area contributed by atoms with Crippen LogP contribution >= 0.6 is 0 Å². The highest BCUT2D eigenvalue weighted by Crippen LogP contribution is 2.20. The summed E-state index contributed by atoms with van der Waals surface area (Å²) in [6.45, 7) is 9.48. The molecule has 0 aromatic carbocycles. The van der Waals surface area contributed by atoms with Crippen molar-refractivity contribution in [3.63, 3.8) is 0 Å². The maximum absolute atomic E-state index is 13.0. The van der Waals surface area contributed by atoms with Crippen molar-refractivity contribution >= 4 is 11.8 Å². The van der Waals surface area contributed by atoms with Gasteiger partial charge >= 0.3 is 0 Å². The Bertz CT molecular complexity index is 600. The predicted octanol–water partition coefficient (Wildman–Crippen LogP) is 0.302. The number of nitrogens with zero attached hydrogens (tertiary/aromatic N) is 5. The fourth-order valence-electron chi connectivity index (χ4n) is 3.76. The lowest BCUT2D eigenvalue weighted by atomic mass is 9.96. The lowest BCUT2D eigenvalue weighted by molar-refractivity contribution is -0.143. The number of aromatic nitrogens is 2. The summed E-state index contributed by atoms with van der Waals surface area (Å²) in [6, 6.07) is 1.89. The molecule has 0 N–H and O–H groups in total. The summed E-state index contributed by atoms with van der Waals surface area (Å²) < 4.78 is 7.21. The average Bonchev–Trinajstić information content (AvgIpc) is 3.22. The third-order valence-corrected chi connectivity index (χ3v) is 5.49. The van der Waals surface area contributed by atoms with Crippen molar-refractivity contribution in [1.82, 2.24) is 24.5 Å². The molecule has 0 bridgehead atoms. The first-order chi connectivity index (χ1) is 13.2. The number of likely N-dealkylation sites (N-methyl/N-ethyl adjacent to an activating group) is 1. The van der Waals surface area contributed by atoms with Crippen LogP contribution in [-0.2, 0) is 20.9 Å². The van der Waals surface area contributed by atoms with Crippen molar-refractivity contribution < 1.29 is 14.3 Å². The Kier molecular flexibility index (Phi) is 7.23. The van der Waals surface area contributed by atoms with Gasteiger partial charge in [-0.3, -0.25) is 19.2 Å². The van der Waals surface area contributed by atoms with E-state index in [1.54, 1.807) is 6.20 Å². The number of ether oxygens (including phenoxy) is 1. The summed E-state index contributed by atoms with van der Waals surface area (Å²) >= 11 is 0. The molecular weight excluding hydrogens is 346 g/mol. The Balaban J connectivity index is 1.50. The quantitative estimate of drug-likeness (QED) is 0.652. The number of piperidine rings is 1. The van der Waals surface area contributed by atoms with E-state index in [4.69, 9.17) is 4.74 Å². The maximum Gasteiger partial charge on any atom is 0.227 e. The van der Waals surface area contributed by atoms with Crippen molar-refractivity contribution in [1.29, 1.82) is 0 Å². The van der Waals surface area contributed by atoms with Gasteiger partial charge in [-0.1, -0.05) is 0 Å². The van der Waals surface area contributed by atoms with E-state index in [-0.39, 0.29) is 17.7 Å². The predicted molar refractivity (Wildman–Crippen MR) is 101 cm³/mol. The van der Waals surface area contributed by atoms with Gasteiger partial charge in [-0.25, -0.2) is 0 Å². The van der Waals surface area contributed by atoms with Gasteiger partial charge in [0, 0.05) is 64.6 Å². The monoisotopic (exact) mass is 377 g/mol. The van der Waals surface area contributed by atoms with Gasteiger partial charge in [0.2, 0.25) is 11.8 Å². The van der Waals surface area contributed by atoms with Crippen LogP contribution in [0.4, 0.5) is 0 Å². The molecule has 2 saturated heterocycles. The van der Waals surface area contributed by atoms with E-state index in [1.807, 2.05) is 33.7 Å². The van der Waals surface area contributed by atoms with Gasteiger partial charge in [-0.2, -0.15) is 5.10 Å². The Morgan fingerprint density at radius 3 is 2.81 bits per heavy atom. The third kappa shape index (κ3) is 5.52. The Morgan fingerprint density at radius 1 is 1.30 bits per heavy atom. The van der Waals surface area contributed by atoms with E-state index in [1.165, 1.54) is 0 Å².